The summed E-state index contributed by atoms with van der Waals surface area (Å²) in [5.41, 5.74) is 1.67. The fourth-order valence-electron chi connectivity index (χ4n) is 4.26. The Morgan fingerprint density at radius 1 is 1.07 bits per heavy atom. The van der Waals surface area contributed by atoms with Crippen LogP contribution in [-0.4, -0.2) is 59.4 Å². The van der Waals surface area contributed by atoms with Gasteiger partial charge in [-0.2, -0.15) is 0 Å². The van der Waals surface area contributed by atoms with Crippen molar-refractivity contribution < 1.29 is 14.0 Å². The second-order valence-corrected chi connectivity index (χ2v) is 8.19. The summed E-state index contributed by atoms with van der Waals surface area (Å²) in [5.74, 6) is 1.37. The number of oxazole rings is 1. The van der Waals surface area contributed by atoms with E-state index in [1.54, 1.807) is 0 Å². The fraction of sp³-hybridized carbons (Fsp3) is 0.522. The third kappa shape index (κ3) is 4.66. The number of nitrogens with one attached hydrogen (secondary N) is 1. The minimum absolute atomic E-state index is 0.0159. The van der Waals surface area contributed by atoms with Gasteiger partial charge in [0.1, 0.15) is 5.76 Å². The summed E-state index contributed by atoms with van der Waals surface area (Å²) >= 11 is 0. The van der Waals surface area contributed by atoms with Crippen molar-refractivity contribution in [2.45, 2.75) is 44.9 Å². The topological polar surface area (TPSA) is 78.7 Å². The van der Waals surface area contributed by atoms with Gasteiger partial charge in [-0.3, -0.25) is 4.79 Å². The molecule has 2 aliphatic rings. The van der Waals surface area contributed by atoms with E-state index in [1.807, 2.05) is 34.9 Å². The number of urea groups is 1. The van der Waals surface area contributed by atoms with E-state index in [0.29, 0.717) is 37.0 Å². The van der Waals surface area contributed by atoms with Crippen LogP contribution < -0.4 is 5.32 Å². The molecular formula is C23H30N4O3. The van der Waals surface area contributed by atoms with Crippen molar-refractivity contribution in [3.05, 3.63) is 53.2 Å². The number of hydrogen-bond donors (Lipinski definition) is 1. The lowest BCUT2D eigenvalue weighted by Gasteiger charge is -2.30. The Labute approximate surface area is 177 Å². The van der Waals surface area contributed by atoms with Crippen LogP contribution in [0.1, 0.15) is 59.3 Å². The zero-order chi connectivity index (χ0) is 20.9. The van der Waals surface area contributed by atoms with Crippen LogP contribution in [0.4, 0.5) is 4.79 Å². The Balaban J connectivity index is 1.26. The normalized spacial score (nSPS) is 17.4. The van der Waals surface area contributed by atoms with Gasteiger partial charge in [0.25, 0.3) is 5.91 Å². The molecule has 4 rings (SSSR count). The Kier molecular flexibility index (Phi) is 6.35. The number of carbonyl (C=O) groups excluding carboxylic acids is 2. The van der Waals surface area contributed by atoms with Gasteiger partial charge in [-0.15, -0.1) is 0 Å². The van der Waals surface area contributed by atoms with Crippen molar-refractivity contribution in [2.75, 3.05) is 32.7 Å². The number of hydrogen-bond acceptors (Lipinski definition) is 4. The summed E-state index contributed by atoms with van der Waals surface area (Å²) in [6.07, 6.45) is 4.53. The quantitative estimate of drug-likeness (QED) is 0.820. The molecule has 2 aromatic rings. The molecule has 30 heavy (non-hydrogen) atoms. The number of rotatable bonds is 5. The summed E-state index contributed by atoms with van der Waals surface area (Å²) in [4.78, 5) is 33.4. The minimum atomic E-state index is -0.0183. The lowest BCUT2D eigenvalue weighted by atomic mass is 9.97. The molecule has 2 aliphatic heterocycles. The highest BCUT2D eigenvalue weighted by molar-refractivity contribution is 5.93. The summed E-state index contributed by atoms with van der Waals surface area (Å²) in [5, 5.41) is 3.01. The van der Waals surface area contributed by atoms with E-state index in [2.05, 4.69) is 22.4 Å². The maximum atomic E-state index is 12.7. The van der Waals surface area contributed by atoms with Crippen LogP contribution in [0.25, 0.3) is 0 Å². The van der Waals surface area contributed by atoms with Gasteiger partial charge >= 0.3 is 6.03 Å². The highest BCUT2D eigenvalue weighted by Gasteiger charge is 2.30. The molecule has 1 N–H and O–H groups in total. The molecule has 3 heterocycles. The maximum absolute atomic E-state index is 12.7. The van der Waals surface area contributed by atoms with E-state index in [-0.39, 0.29) is 17.9 Å². The van der Waals surface area contributed by atoms with Gasteiger partial charge in [0.05, 0.1) is 0 Å². The number of piperidine rings is 1. The summed E-state index contributed by atoms with van der Waals surface area (Å²) < 4.78 is 5.87. The summed E-state index contributed by atoms with van der Waals surface area (Å²) in [6, 6.07) is 10.1. The number of aromatic nitrogens is 1. The van der Waals surface area contributed by atoms with Gasteiger partial charge < -0.3 is 19.5 Å². The first kappa shape index (κ1) is 20.4. The van der Waals surface area contributed by atoms with Crippen LogP contribution in [0.5, 0.6) is 0 Å². The highest BCUT2D eigenvalue weighted by Crippen LogP contribution is 2.29. The number of carbonyl (C=O) groups is 2. The molecule has 0 spiro atoms. The van der Waals surface area contributed by atoms with Gasteiger partial charge in [-0.1, -0.05) is 30.3 Å². The lowest BCUT2D eigenvalue weighted by molar-refractivity contribution is 0.0786. The molecule has 0 radical (unpaired) electrons. The molecule has 0 atom stereocenters. The van der Waals surface area contributed by atoms with Crippen molar-refractivity contribution in [1.82, 2.24) is 20.1 Å². The maximum Gasteiger partial charge on any atom is 0.317 e. The molecular weight excluding hydrogens is 380 g/mol. The van der Waals surface area contributed by atoms with Crippen molar-refractivity contribution in [1.29, 1.82) is 0 Å². The fourth-order valence-corrected chi connectivity index (χ4v) is 4.26. The van der Waals surface area contributed by atoms with Crippen LogP contribution in [-0.2, 0) is 6.42 Å². The van der Waals surface area contributed by atoms with E-state index in [1.165, 1.54) is 5.56 Å². The molecule has 0 bridgehead atoms. The van der Waals surface area contributed by atoms with Gasteiger partial charge in [0, 0.05) is 38.6 Å². The summed E-state index contributed by atoms with van der Waals surface area (Å²) in [7, 11) is 0. The van der Waals surface area contributed by atoms with E-state index in [4.69, 9.17) is 4.42 Å². The molecule has 2 fully saturated rings. The first-order chi connectivity index (χ1) is 14.6. The van der Waals surface area contributed by atoms with Crippen LogP contribution in [0, 0.1) is 6.92 Å². The van der Waals surface area contributed by atoms with E-state index < -0.39 is 0 Å². The lowest BCUT2D eigenvalue weighted by Crippen LogP contribution is -2.44. The molecule has 7 nitrogen and oxygen atoms in total. The smallest absolute Gasteiger partial charge is 0.317 e. The van der Waals surface area contributed by atoms with Crippen LogP contribution in [0.15, 0.2) is 34.7 Å². The van der Waals surface area contributed by atoms with Crippen molar-refractivity contribution in [3.8, 4) is 0 Å². The molecule has 160 valence electrons. The van der Waals surface area contributed by atoms with Gasteiger partial charge in [-0.05, 0) is 44.6 Å². The van der Waals surface area contributed by atoms with Crippen LogP contribution >= 0.6 is 0 Å². The average molecular weight is 411 g/mol. The number of benzene rings is 1. The average Bonchev–Trinajstić information content (AvgIpc) is 3.44. The Bertz CT molecular complexity index is 866. The zero-order valence-electron chi connectivity index (χ0n) is 17.6. The highest BCUT2D eigenvalue weighted by atomic mass is 16.4. The van der Waals surface area contributed by atoms with E-state index >= 15 is 0 Å². The van der Waals surface area contributed by atoms with Crippen molar-refractivity contribution in [3.63, 3.8) is 0 Å². The molecule has 0 saturated carbocycles. The Hall–Kier alpha value is -2.83. The summed E-state index contributed by atoms with van der Waals surface area (Å²) in [6.45, 7) is 5.38. The largest absolute Gasteiger partial charge is 0.445 e. The van der Waals surface area contributed by atoms with Crippen LogP contribution in [0.3, 0.4) is 0 Å². The predicted molar refractivity (Wildman–Crippen MR) is 113 cm³/mol. The first-order valence-electron chi connectivity index (χ1n) is 10.9. The number of amides is 3. The molecule has 3 amide bonds. The standard InChI is InChI=1S/C23H30N4O3/c1-17-20(22(28)26-13-5-6-14-26)25-21(30-17)19-10-15-27(16-11-19)23(29)24-12-9-18-7-3-2-4-8-18/h2-4,7-8,19H,5-6,9-16H2,1H3,(H,24,29). The second kappa shape index (κ2) is 9.32. The van der Waals surface area contributed by atoms with Gasteiger partial charge in [0.15, 0.2) is 11.6 Å². The van der Waals surface area contributed by atoms with Crippen molar-refractivity contribution >= 4 is 11.9 Å². The molecule has 2 saturated heterocycles. The number of aryl methyl sites for hydroxylation is 1. The number of likely N-dealkylation sites (tertiary alicyclic amines) is 2. The van der Waals surface area contributed by atoms with Crippen LogP contribution in [0.2, 0.25) is 0 Å². The molecule has 7 heteroatoms. The third-order valence-corrected chi connectivity index (χ3v) is 6.07. The molecule has 0 unspecified atom stereocenters. The predicted octanol–water partition coefficient (Wildman–Crippen LogP) is 3.35. The number of nitrogens with zero attached hydrogens (tertiary/aromatic N) is 3. The van der Waals surface area contributed by atoms with Gasteiger partial charge in [-0.25, -0.2) is 9.78 Å². The second-order valence-electron chi connectivity index (χ2n) is 8.19. The Morgan fingerprint density at radius 2 is 1.77 bits per heavy atom. The first-order valence-corrected chi connectivity index (χ1v) is 10.9. The van der Waals surface area contributed by atoms with Crippen molar-refractivity contribution in [2.24, 2.45) is 0 Å². The van der Waals surface area contributed by atoms with Gasteiger partial charge in [0.2, 0.25) is 0 Å². The molecule has 1 aromatic carbocycles. The van der Waals surface area contributed by atoms with E-state index in [0.717, 1.165) is 45.2 Å². The zero-order valence-corrected chi connectivity index (χ0v) is 17.6. The molecule has 0 aliphatic carbocycles. The Morgan fingerprint density at radius 3 is 2.47 bits per heavy atom. The molecule has 1 aromatic heterocycles. The minimum Gasteiger partial charge on any atom is -0.445 e. The third-order valence-electron chi connectivity index (χ3n) is 6.07. The SMILES string of the molecule is Cc1oc(C2CCN(C(=O)NCCc3ccccc3)CC2)nc1C(=O)N1CCCC1. The van der Waals surface area contributed by atoms with E-state index in [9.17, 15) is 9.59 Å². The monoisotopic (exact) mass is 410 g/mol.